The normalized spacial score (nSPS) is 11.5. The smallest absolute Gasteiger partial charge is 0.412 e. The highest BCUT2D eigenvalue weighted by Crippen LogP contribution is 2.28. The summed E-state index contributed by atoms with van der Waals surface area (Å²) in [5.74, 6) is -0.584. The van der Waals surface area contributed by atoms with E-state index in [4.69, 9.17) is 9.47 Å². The largest absolute Gasteiger partial charge is 0.462 e. The summed E-state index contributed by atoms with van der Waals surface area (Å²) in [6, 6.07) is 3.20. The third kappa shape index (κ3) is 3.74. The fourth-order valence-electron chi connectivity index (χ4n) is 2.71. The zero-order valence-electron chi connectivity index (χ0n) is 16.0. The number of nitrogens with zero attached hydrogens (tertiary/aromatic N) is 2. The highest BCUT2D eigenvalue weighted by molar-refractivity contribution is 6.08. The van der Waals surface area contributed by atoms with E-state index in [1.807, 2.05) is 6.92 Å². The van der Waals surface area contributed by atoms with E-state index in [1.54, 1.807) is 40.8 Å². The Balaban J connectivity index is 2.70. The maximum absolute atomic E-state index is 12.5. The van der Waals surface area contributed by atoms with Crippen molar-refractivity contribution < 1.29 is 19.1 Å². The van der Waals surface area contributed by atoms with E-state index in [9.17, 15) is 14.4 Å². The van der Waals surface area contributed by atoms with Gasteiger partial charge in [0.2, 0.25) is 0 Å². The van der Waals surface area contributed by atoms with Gasteiger partial charge in [-0.1, -0.05) is 0 Å². The molecule has 1 N–H and O–H groups in total. The number of fused-ring (bicyclic) bond motifs is 1. The van der Waals surface area contributed by atoms with Crippen LogP contribution in [0.25, 0.3) is 11.0 Å². The van der Waals surface area contributed by atoms with Crippen LogP contribution < -0.4 is 11.0 Å². The molecule has 0 bridgehead atoms. The van der Waals surface area contributed by atoms with Crippen LogP contribution in [0.5, 0.6) is 0 Å². The van der Waals surface area contributed by atoms with E-state index in [-0.39, 0.29) is 23.5 Å². The maximum Gasteiger partial charge on any atom is 0.412 e. The fourth-order valence-corrected chi connectivity index (χ4v) is 2.71. The number of imidazole rings is 1. The van der Waals surface area contributed by atoms with E-state index >= 15 is 0 Å². The van der Waals surface area contributed by atoms with Crippen LogP contribution in [0, 0.1) is 0 Å². The summed E-state index contributed by atoms with van der Waals surface area (Å²) in [6.07, 6.45) is -0.713. The number of nitrogens with one attached hydrogen (secondary N) is 1. The Hall–Kier alpha value is -2.77. The highest BCUT2D eigenvalue weighted by Gasteiger charge is 2.24. The predicted octanol–water partition coefficient (Wildman–Crippen LogP) is 2.88. The van der Waals surface area contributed by atoms with Gasteiger partial charge in [-0.05, 0) is 46.8 Å². The minimum Gasteiger partial charge on any atom is -0.462 e. The number of benzene rings is 1. The number of hydrogen-bond donors (Lipinski definition) is 1. The maximum atomic E-state index is 12.5. The molecule has 0 atom stereocenters. The Bertz CT molecular complexity index is 902. The molecule has 8 heteroatoms. The monoisotopic (exact) mass is 363 g/mol. The van der Waals surface area contributed by atoms with Crippen LogP contribution in [0.1, 0.15) is 45.0 Å². The van der Waals surface area contributed by atoms with Crippen LogP contribution in [0.4, 0.5) is 10.5 Å². The molecule has 0 aliphatic carbocycles. The van der Waals surface area contributed by atoms with E-state index in [2.05, 4.69) is 5.32 Å². The van der Waals surface area contributed by atoms with Gasteiger partial charge in [-0.25, -0.2) is 14.4 Å². The van der Waals surface area contributed by atoms with Gasteiger partial charge in [-0.2, -0.15) is 0 Å². The number of aryl methyl sites for hydroxylation is 2. The number of rotatable bonds is 4. The minimum atomic E-state index is -0.713. The minimum absolute atomic E-state index is 0.165. The lowest BCUT2D eigenvalue weighted by Crippen LogP contribution is -2.28. The van der Waals surface area contributed by atoms with E-state index in [0.717, 1.165) is 0 Å². The van der Waals surface area contributed by atoms with Gasteiger partial charge in [0.1, 0.15) is 5.60 Å². The van der Waals surface area contributed by atoms with Gasteiger partial charge in [-0.15, -0.1) is 0 Å². The molecule has 1 aromatic heterocycles. The molecule has 142 valence electrons. The number of ether oxygens (including phenoxy) is 2. The number of aromatic nitrogens is 2. The molecule has 0 radical (unpaired) electrons. The molecule has 0 saturated carbocycles. The van der Waals surface area contributed by atoms with Crippen molar-refractivity contribution in [2.45, 2.75) is 46.8 Å². The van der Waals surface area contributed by atoms with Crippen molar-refractivity contribution in [2.24, 2.45) is 7.05 Å². The number of hydrogen-bond acceptors (Lipinski definition) is 5. The van der Waals surface area contributed by atoms with Gasteiger partial charge in [0.05, 0.1) is 28.9 Å². The van der Waals surface area contributed by atoms with Gasteiger partial charge in [0.25, 0.3) is 0 Å². The molecule has 26 heavy (non-hydrogen) atoms. The number of amides is 1. The van der Waals surface area contributed by atoms with Crippen molar-refractivity contribution in [3.8, 4) is 0 Å². The fraction of sp³-hybridized carbons (Fsp3) is 0.500. The molecular weight excluding hydrogens is 338 g/mol. The molecule has 0 aliphatic heterocycles. The van der Waals surface area contributed by atoms with Crippen molar-refractivity contribution in [2.75, 3.05) is 11.9 Å². The van der Waals surface area contributed by atoms with E-state index < -0.39 is 17.7 Å². The summed E-state index contributed by atoms with van der Waals surface area (Å²) < 4.78 is 13.3. The van der Waals surface area contributed by atoms with Crippen LogP contribution in [-0.4, -0.2) is 33.4 Å². The standard InChI is InChI=1S/C18H25N3O5/c1-7-21-14-12(20(6)17(21)24)10-9-11(15(22)25-8-2)13(14)19-16(23)26-18(3,4)5/h9-10H,7-8H2,1-6H3,(H,19,23). The topological polar surface area (TPSA) is 91.6 Å². The van der Waals surface area contributed by atoms with Crippen LogP contribution in [0.2, 0.25) is 0 Å². The van der Waals surface area contributed by atoms with Crippen molar-refractivity contribution in [1.82, 2.24) is 9.13 Å². The van der Waals surface area contributed by atoms with E-state index in [0.29, 0.717) is 17.6 Å². The Morgan fingerprint density at radius 2 is 1.85 bits per heavy atom. The zero-order valence-corrected chi connectivity index (χ0v) is 16.0. The highest BCUT2D eigenvalue weighted by atomic mass is 16.6. The Morgan fingerprint density at radius 3 is 2.38 bits per heavy atom. The van der Waals surface area contributed by atoms with Crippen LogP contribution in [-0.2, 0) is 23.1 Å². The molecule has 1 aromatic carbocycles. The molecule has 0 aliphatic rings. The summed E-state index contributed by atoms with van der Waals surface area (Å²) >= 11 is 0. The number of carbonyl (C=O) groups excluding carboxylic acids is 2. The zero-order chi connectivity index (χ0) is 19.6. The molecule has 2 rings (SSSR count). The van der Waals surface area contributed by atoms with Gasteiger partial charge in [0.15, 0.2) is 0 Å². The number of carbonyl (C=O) groups is 2. The van der Waals surface area contributed by atoms with Gasteiger partial charge in [-0.3, -0.25) is 14.5 Å². The van der Waals surface area contributed by atoms with Gasteiger partial charge in [0, 0.05) is 13.6 Å². The summed E-state index contributed by atoms with van der Waals surface area (Å²) in [5, 5.41) is 2.63. The lowest BCUT2D eigenvalue weighted by atomic mass is 10.1. The third-order valence-corrected chi connectivity index (χ3v) is 3.74. The predicted molar refractivity (Wildman–Crippen MR) is 98.7 cm³/mol. The lowest BCUT2D eigenvalue weighted by Gasteiger charge is -2.21. The van der Waals surface area contributed by atoms with Crippen LogP contribution in [0.3, 0.4) is 0 Å². The first-order chi connectivity index (χ1) is 12.1. The molecule has 0 spiro atoms. The molecule has 2 aromatic rings. The Labute approximate surface area is 151 Å². The summed E-state index contributed by atoms with van der Waals surface area (Å²) in [4.78, 5) is 37.1. The second-order valence-electron chi connectivity index (χ2n) is 6.79. The average Bonchev–Trinajstić information content (AvgIpc) is 2.77. The molecule has 0 saturated heterocycles. The molecule has 1 amide bonds. The number of esters is 1. The average molecular weight is 363 g/mol. The van der Waals surface area contributed by atoms with Crippen LogP contribution in [0.15, 0.2) is 16.9 Å². The lowest BCUT2D eigenvalue weighted by molar-refractivity contribution is 0.0527. The number of anilines is 1. The third-order valence-electron chi connectivity index (χ3n) is 3.74. The Morgan fingerprint density at radius 1 is 1.19 bits per heavy atom. The Kier molecular flexibility index (Phi) is 5.44. The summed E-state index contributed by atoms with van der Waals surface area (Å²) in [6.45, 7) is 9.30. The molecule has 0 unspecified atom stereocenters. The molecular formula is C18H25N3O5. The first kappa shape index (κ1) is 19.6. The summed E-state index contributed by atoms with van der Waals surface area (Å²) in [5.41, 5.74) is 0.472. The second kappa shape index (κ2) is 7.23. The van der Waals surface area contributed by atoms with Gasteiger partial charge < -0.3 is 9.47 Å². The van der Waals surface area contributed by atoms with Crippen molar-refractivity contribution in [1.29, 1.82) is 0 Å². The van der Waals surface area contributed by atoms with Crippen molar-refractivity contribution >= 4 is 28.8 Å². The van der Waals surface area contributed by atoms with Crippen molar-refractivity contribution in [3.05, 3.63) is 28.2 Å². The van der Waals surface area contributed by atoms with Crippen molar-refractivity contribution in [3.63, 3.8) is 0 Å². The molecule has 8 nitrogen and oxygen atoms in total. The SMILES string of the molecule is CCOC(=O)c1ccc2c(c1NC(=O)OC(C)(C)C)n(CC)c(=O)n2C. The summed E-state index contributed by atoms with van der Waals surface area (Å²) in [7, 11) is 1.64. The first-order valence-electron chi connectivity index (χ1n) is 8.50. The first-order valence-corrected chi connectivity index (χ1v) is 8.50. The van der Waals surface area contributed by atoms with Crippen LogP contribution >= 0.6 is 0 Å². The van der Waals surface area contributed by atoms with Gasteiger partial charge >= 0.3 is 17.8 Å². The van der Waals surface area contributed by atoms with E-state index in [1.165, 1.54) is 15.2 Å². The second-order valence-corrected chi connectivity index (χ2v) is 6.79. The quantitative estimate of drug-likeness (QED) is 0.844. The molecule has 0 fully saturated rings. The molecule has 1 heterocycles.